The third-order valence-corrected chi connectivity index (χ3v) is 4.86. The summed E-state index contributed by atoms with van der Waals surface area (Å²) in [4.78, 5) is 45.0. The minimum atomic E-state index is -0.591. The maximum absolute atomic E-state index is 13.4. The number of allylic oxidation sites excluding steroid dienone is 1. The van der Waals surface area contributed by atoms with Crippen LogP contribution in [0.25, 0.3) is 10.8 Å². The first-order valence-corrected chi connectivity index (χ1v) is 10.6. The predicted molar refractivity (Wildman–Crippen MR) is 130 cm³/mol. The molecule has 0 aliphatic carbocycles. The summed E-state index contributed by atoms with van der Waals surface area (Å²) in [5, 5.41) is 1.88. The molecular formula is C27H26N2O4. The first kappa shape index (κ1) is 23.8. The number of benzene rings is 3. The maximum Gasteiger partial charge on any atom is 0.354 e. The highest BCUT2D eigenvalue weighted by Gasteiger charge is 2.22. The third-order valence-electron chi connectivity index (χ3n) is 4.86. The Balaban J connectivity index is 2.08. The number of ether oxygens (including phenoxy) is 1. The number of esters is 1. The van der Waals surface area contributed by atoms with Gasteiger partial charge in [-0.3, -0.25) is 14.6 Å². The Labute approximate surface area is 193 Å². The van der Waals surface area contributed by atoms with Gasteiger partial charge in [-0.15, -0.1) is 0 Å². The Bertz CT molecular complexity index is 1230. The zero-order valence-corrected chi connectivity index (χ0v) is 18.9. The highest BCUT2D eigenvalue weighted by atomic mass is 16.5. The molecule has 0 aliphatic rings. The number of carbonyl (C=O) groups is 3. The molecule has 0 saturated carbocycles. The number of carbonyl (C=O) groups excluding carboxylic acids is 3. The average molecular weight is 443 g/mol. The van der Waals surface area contributed by atoms with E-state index < -0.39 is 17.5 Å². The second-order valence-electron chi connectivity index (χ2n) is 7.66. The van der Waals surface area contributed by atoms with Crippen LogP contribution in [-0.4, -0.2) is 55.4 Å². The highest BCUT2D eigenvalue weighted by molar-refractivity contribution is 6.38. The Morgan fingerprint density at radius 2 is 1.48 bits per heavy atom. The fourth-order valence-corrected chi connectivity index (χ4v) is 3.27. The van der Waals surface area contributed by atoms with Gasteiger partial charge in [0.2, 0.25) is 0 Å². The van der Waals surface area contributed by atoms with Gasteiger partial charge in [-0.1, -0.05) is 66.7 Å². The molecule has 0 radical (unpaired) electrons. The van der Waals surface area contributed by atoms with E-state index in [0.29, 0.717) is 11.1 Å². The van der Waals surface area contributed by atoms with Crippen molar-refractivity contribution in [2.24, 2.45) is 4.99 Å². The molecule has 0 N–H and O–H groups in total. The molecule has 0 amide bonds. The quantitative estimate of drug-likeness (QED) is 0.123. The summed E-state index contributed by atoms with van der Waals surface area (Å²) in [5.41, 5.74) is 0.701. The van der Waals surface area contributed by atoms with Crippen molar-refractivity contribution in [1.82, 2.24) is 4.90 Å². The second kappa shape index (κ2) is 11.1. The van der Waals surface area contributed by atoms with Gasteiger partial charge in [0.25, 0.3) is 0 Å². The Kier molecular flexibility index (Phi) is 8.00. The normalized spacial score (nSPS) is 12.1. The first-order chi connectivity index (χ1) is 15.9. The van der Waals surface area contributed by atoms with Gasteiger partial charge in [-0.2, -0.15) is 0 Å². The average Bonchev–Trinajstić information content (AvgIpc) is 2.83. The molecule has 3 aromatic carbocycles. The molecule has 0 aromatic heterocycles. The number of rotatable bonds is 9. The van der Waals surface area contributed by atoms with E-state index in [1.807, 2.05) is 30.3 Å². The zero-order valence-electron chi connectivity index (χ0n) is 18.9. The van der Waals surface area contributed by atoms with Crippen LogP contribution in [0.1, 0.15) is 27.6 Å². The molecule has 0 heterocycles. The van der Waals surface area contributed by atoms with Crippen LogP contribution in [0.3, 0.4) is 0 Å². The monoisotopic (exact) mass is 442 g/mol. The van der Waals surface area contributed by atoms with E-state index >= 15 is 0 Å². The Morgan fingerprint density at radius 3 is 2.15 bits per heavy atom. The number of fused-ring (bicyclic) bond motifs is 1. The standard InChI is InChI=1S/C27H26N2O4/c1-4-33-27(32)24(18-29(2)3)28-17-23(25(30)20-11-6-5-7-12-20)26(31)22-15-14-19-10-8-9-13-21(19)16-22/h5-17H,4,18H2,1-3H3/b23-17-,28-24?. The van der Waals surface area contributed by atoms with E-state index in [0.717, 1.165) is 10.8 Å². The molecule has 3 rings (SSSR count). The van der Waals surface area contributed by atoms with E-state index in [4.69, 9.17) is 4.74 Å². The number of hydrogen-bond acceptors (Lipinski definition) is 6. The fraction of sp³-hybridized carbons (Fsp3) is 0.185. The summed E-state index contributed by atoms with van der Waals surface area (Å²) >= 11 is 0. The molecule has 3 aromatic rings. The van der Waals surface area contributed by atoms with Gasteiger partial charge in [-0.25, -0.2) is 4.79 Å². The third kappa shape index (κ3) is 6.08. The van der Waals surface area contributed by atoms with Crippen molar-refractivity contribution in [2.45, 2.75) is 6.92 Å². The molecule has 168 valence electrons. The molecule has 0 fully saturated rings. The number of aliphatic imine (C=N–C) groups is 1. The van der Waals surface area contributed by atoms with E-state index in [1.165, 1.54) is 6.20 Å². The van der Waals surface area contributed by atoms with Crippen molar-refractivity contribution in [3.63, 3.8) is 0 Å². The number of ketones is 2. The Hall–Kier alpha value is -3.90. The molecule has 6 nitrogen and oxygen atoms in total. The lowest BCUT2D eigenvalue weighted by Gasteiger charge is -2.11. The maximum atomic E-state index is 13.4. The van der Waals surface area contributed by atoms with E-state index in [-0.39, 0.29) is 24.4 Å². The summed E-state index contributed by atoms with van der Waals surface area (Å²) in [6.45, 7) is 2.10. The van der Waals surface area contributed by atoms with Crippen LogP contribution in [0.5, 0.6) is 0 Å². The van der Waals surface area contributed by atoms with Crippen molar-refractivity contribution in [1.29, 1.82) is 0 Å². The van der Waals surface area contributed by atoms with Crippen LogP contribution < -0.4 is 0 Å². The summed E-state index contributed by atoms with van der Waals surface area (Å²) in [6, 6.07) is 21.5. The lowest BCUT2D eigenvalue weighted by molar-refractivity contribution is -0.135. The summed E-state index contributed by atoms with van der Waals surface area (Å²) < 4.78 is 5.08. The minimum absolute atomic E-state index is 0.103. The van der Waals surface area contributed by atoms with Gasteiger partial charge in [0.1, 0.15) is 5.71 Å². The number of hydrogen-bond donors (Lipinski definition) is 0. The smallest absolute Gasteiger partial charge is 0.354 e. The number of Topliss-reactive ketones (excluding diaryl/α,β-unsaturated/α-hetero) is 2. The first-order valence-electron chi connectivity index (χ1n) is 10.6. The van der Waals surface area contributed by atoms with Gasteiger partial charge in [0.15, 0.2) is 11.6 Å². The van der Waals surface area contributed by atoms with Crippen molar-refractivity contribution < 1.29 is 19.1 Å². The second-order valence-corrected chi connectivity index (χ2v) is 7.66. The largest absolute Gasteiger partial charge is 0.461 e. The Morgan fingerprint density at radius 1 is 0.848 bits per heavy atom. The molecule has 6 heteroatoms. The SMILES string of the molecule is CCOC(=O)C(CN(C)C)=N/C=C(/C(=O)c1ccccc1)C(=O)c1ccc2ccccc2c1. The van der Waals surface area contributed by atoms with Gasteiger partial charge in [-0.05, 0) is 37.9 Å². The van der Waals surface area contributed by atoms with Gasteiger partial charge < -0.3 is 9.64 Å². The molecule has 0 unspecified atom stereocenters. The zero-order chi connectivity index (χ0) is 23.8. The van der Waals surface area contributed by atoms with Crippen molar-refractivity contribution in [3.8, 4) is 0 Å². The van der Waals surface area contributed by atoms with Crippen molar-refractivity contribution >= 4 is 34.0 Å². The summed E-state index contributed by atoms with van der Waals surface area (Å²) in [7, 11) is 3.57. The molecule has 0 aliphatic heterocycles. The lowest BCUT2D eigenvalue weighted by Crippen LogP contribution is -2.29. The van der Waals surface area contributed by atoms with E-state index in [1.54, 1.807) is 68.4 Å². The minimum Gasteiger partial charge on any atom is -0.461 e. The van der Waals surface area contributed by atoms with Gasteiger partial charge in [0.05, 0.1) is 12.2 Å². The molecule has 0 saturated heterocycles. The van der Waals surface area contributed by atoms with Crippen LogP contribution in [0, 0.1) is 0 Å². The summed E-state index contributed by atoms with van der Waals surface area (Å²) in [6.07, 6.45) is 1.18. The molecule has 0 atom stereocenters. The van der Waals surface area contributed by atoms with Crippen molar-refractivity contribution in [3.05, 3.63) is 95.7 Å². The van der Waals surface area contributed by atoms with Gasteiger partial charge in [0, 0.05) is 23.9 Å². The van der Waals surface area contributed by atoms with E-state index in [9.17, 15) is 14.4 Å². The fourth-order valence-electron chi connectivity index (χ4n) is 3.27. The molecular weight excluding hydrogens is 416 g/mol. The van der Waals surface area contributed by atoms with Crippen LogP contribution in [0.15, 0.2) is 89.6 Å². The predicted octanol–water partition coefficient (Wildman–Crippen LogP) is 4.36. The summed E-state index contributed by atoms with van der Waals surface area (Å²) in [5.74, 6) is -1.52. The van der Waals surface area contributed by atoms with Gasteiger partial charge >= 0.3 is 5.97 Å². The van der Waals surface area contributed by atoms with Crippen LogP contribution in [0.2, 0.25) is 0 Å². The molecule has 0 bridgehead atoms. The topological polar surface area (TPSA) is 76.0 Å². The van der Waals surface area contributed by atoms with Crippen molar-refractivity contribution in [2.75, 3.05) is 27.2 Å². The van der Waals surface area contributed by atoms with Crippen LogP contribution >= 0.6 is 0 Å². The molecule has 33 heavy (non-hydrogen) atoms. The molecule has 0 spiro atoms. The van der Waals surface area contributed by atoms with E-state index in [2.05, 4.69) is 4.99 Å². The van der Waals surface area contributed by atoms with Crippen LogP contribution in [0.4, 0.5) is 0 Å². The highest BCUT2D eigenvalue weighted by Crippen LogP contribution is 2.20. The lowest BCUT2D eigenvalue weighted by atomic mass is 9.95. The van der Waals surface area contributed by atoms with Crippen LogP contribution in [-0.2, 0) is 9.53 Å². The number of nitrogens with zero attached hydrogens (tertiary/aromatic N) is 2.